The zero-order valence-corrected chi connectivity index (χ0v) is 15.8. The van der Waals surface area contributed by atoms with Crippen molar-refractivity contribution < 1.29 is 27.5 Å². The van der Waals surface area contributed by atoms with Gasteiger partial charge < -0.3 is 4.74 Å². The van der Waals surface area contributed by atoms with Gasteiger partial charge in [-0.25, -0.2) is 4.79 Å². The van der Waals surface area contributed by atoms with E-state index in [1.165, 1.54) is 6.07 Å². The highest BCUT2D eigenvalue weighted by atomic mass is 32.2. The number of ether oxygens (including phenoxy) is 1. The fraction of sp³-hybridized carbons (Fsp3) is 0.136. The smallest absolute Gasteiger partial charge is 0.422 e. The first kappa shape index (κ1) is 19.4. The number of fused-ring (bicyclic) bond motifs is 2. The largest absolute Gasteiger partial charge is 0.452 e. The fourth-order valence-electron chi connectivity index (χ4n) is 3.32. The minimum Gasteiger partial charge on any atom is -0.452 e. The molecule has 0 bridgehead atoms. The van der Waals surface area contributed by atoms with E-state index < -0.39 is 29.2 Å². The van der Waals surface area contributed by atoms with Crippen molar-refractivity contribution in [1.29, 1.82) is 0 Å². The molecule has 0 amide bonds. The Bertz CT molecular complexity index is 1100. The van der Waals surface area contributed by atoms with Gasteiger partial charge >= 0.3 is 12.1 Å². The zero-order valence-electron chi connectivity index (χ0n) is 15.0. The molecule has 1 aliphatic heterocycles. The lowest BCUT2D eigenvalue weighted by Gasteiger charge is -2.29. The van der Waals surface area contributed by atoms with Gasteiger partial charge in [-0.2, -0.15) is 13.2 Å². The van der Waals surface area contributed by atoms with Crippen LogP contribution in [0.25, 0.3) is 0 Å². The van der Waals surface area contributed by atoms with Gasteiger partial charge in [0.15, 0.2) is 12.4 Å². The van der Waals surface area contributed by atoms with Crippen LogP contribution in [0.5, 0.6) is 0 Å². The van der Waals surface area contributed by atoms with E-state index in [0.29, 0.717) is 5.56 Å². The standard InChI is InChI=1S/C22H15F3O3S/c23-22(24,25)13-28-21(27)14-6-5-7-15(12-14)29-18-10-3-1-8-16(18)20(26)17-9-2-4-11-19(17)29/h1-12,16H,13H2. The number of esters is 1. The average molecular weight is 416 g/mol. The van der Waals surface area contributed by atoms with Gasteiger partial charge in [0.05, 0.1) is 11.5 Å². The van der Waals surface area contributed by atoms with Crippen LogP contribution in [0.2, 0.25) is 0 Å². The highest BCUT2D eigenvalue weighted by Crippen LogP contribution is 2.46. The van der Waals surface area contributed by atoms with Gasteiger partial charge in [-0.1, -0.05) is 48.6 Å². The number of carbonyl (C=O) groups is 2. The molecular formula is C22H15F3O3S. The third kappa shape index (κ3) is 3.82. The van der Waals surface area contributed by atoms with Gasteiger partial charge in [-0.05, 0) is 29.1 Å². The van der Waals surface area contributed by atoms with E-state index in [1.54, 1.807) is 24.3 Å². The maximum Gasteiger partial charge on any atom is 0.422 e. The van der Waals surface area contributed by atoms with E-state index in [-0.39, 0.29) is 17.3 Å². The van der Waals surface area contributed by atoms with Gasteiger partial charge in [-0.3, -0.25) is 4.79 Å². The van der Waals surface area contributed by atoms with E-state index in [4.69, 9.17) is 0 Å². The predicted octanol–water partition coefficient (Wildman–Crippen LogP) is 5.20. The van der Waals surface area contributed by atoms with E-state index in [9.17, 15) is 22.8 Å². The second-order valence-electron chi connectivity index (χ2n) is 6.51. The summed E-state index contributed by atoms with van der Waals surface area (Å²) in [6, 6.07) is 13.7. The Morgan fingerprint density at radius 1 is 1.07 bits per heavy atom. The summed E-state index contributed by atoms with van der Waals surface area (Å²) in [7, 11) is -0.640. The Morgan fingerprint density at radius 2 is 1.86 bits per heavy atom. The Morgan fingerprint density at radius 3 is 2.66 bits per heavy atom. The Hall–Kier alpha value is -2.93. The van der Waals surface area contributed by atoms with Gasteiger partial charge in [0, 0.05) is 15.4 Å². The second-order valence-corrected chi connectivity index (χ2v) is 8.50. The van der Waals surface area contributed by atoms with Crippen LogP contribution in [-0.4, -0.2) is 29.4 Å². The van der Waals surface area contributed by atoms with Crippen molar-refractivity contribution in [3.05, 3.63) is 84.0 Å². The summed E-state index contributed by atoms with van der Waals surface area (Å²) >= 11 is 0. The molecule has 2 unspecified atom stereocenters. The summed E-state index contributed by atoms with van der Waals surface area (Å²) in [6.45, 7) is -1.63. The number of allylic oxidation sites excluding steroid dienone is 4. The van der Waals surface area contributed by atoms with E-state index in [0.717, 1.165) is 14.7 Å². The normalized spacial score (nSPS) is 20.2. The molecule has 0 spiro atoms. The van der Waals surface area contributed by atoms with E-state index >= 15 is 0 Å². The van der Waals surface area contributed by atoms with Crippen LogP contribution in [0.3, 0.4) is 0 Å². The molecule has 4 rings (SSSR count). The predicted molar refractivity (Wildman–Crippen MR) is 104 cm³/mol. The number of carbonyl (C=O) groups excluding carboxylic acids is 2. The summed E-state index contributed by atoms with van der Waals surface area (Å²) in [4.78, 5) is 27.5. The number of hydrogen-bond donors (Lipinski definition) is 0. The van der Waals surface area contributed by atoms with Crippen molar-refractivity contribution in [2.75, 3.05) is 6.61 Å². The summed E-state index contributed by atoms with van der Waals surface area (Å²) in [5, 5.41) is 0. The lowest BCUT2D eigenvalue weighted by atomic mass is 9.91. The van der Waals surface area contributed by atoms with Crippen LogP contribution in [0.15, 0.2) is 82.6 Å². The van der Waals surface area contributed by atoms with Crippen molar-refractivity contribution in [3.63, 3.8) is 0 Å². The molecule has 3 nitrogen and oxygen atoms in total. The van der Waals surface area contributed by atoms with Crippen LogP contribution >= 0.6 is 10.5 Å². The summed E-state index contributed by atoms with van der Waals surface area (Å²) in [5.74, 6) is -1.41. The Kier molecular flexibility index (Phi) is 5.00. The molecule has 0 saturated carbocycles. The van der Waals surface area contributed by atoms with Gasteiger partial charge in [-0.15, -0.1) is 10.5 Å². The number of ketones is 1. The maximum atomic E-state index is 12.9. The zero-order chi connectivity index (χ0) is 20.6. The molecule has 7 heteroatoms. The van der Waals surface area contributed by atoms with Crippen LogP contribution in [0, 0.1) is 5.92 Å². The van der Waals surface area contributed by atoms with E-state index in [2.05, 4.69) is 4.74 Å². The maximum absolute atomic E-state index is 12.9. The number of benzene rings is 2. The average Bonchev–Trinajstić information content (AvgIpc) is 2.72. The molecule has 0 aromatic heterocycles. The first-order chi connectivity index (χ1) is 13.8. The van der Waals surface area contributed by atoms with Gasteiger partial charge in [0.2, 0.25) is 0 Å². The van der Waals surface area contributed by atoms with Crippen LogP contribution in [0.4, 0.5) is 13.2 Å². The highest BCUT2D eigenvalue weighted by molar-refractivity contribution is 8.16. The lowest BCUT2D eigenvalue weighted by molar-refractivity contribution is -0.161. The van der Waals surface area contributed by atoms with Crippen molar-refractivity contribution >= 4 is 27.1 Å². The molecule has 1 aliphatic carbocycles. The second kappa shape index (κ2) is 7.48. The Balaban J connectivity index is 1.79. The molecule has 2 aromatic rings. The van der Waals surface area contributed by atoms with Crippen LogP contribution < -0.4 is 0 Å². The summed E-state index contributed by atoms with van der Waals surface area (Å²) < 4.78 is 41.5. The molecule has 1 heterocycles. The first-order valence-corrected chi connectivity index (χ1v) is 10.0. The van der Waals surface area contributed by atoms with Crippen LogP contribution in [0.1, 0.15) is 20.7 Å². The molecule has 0 N–H and O–H groups in total. The van der Waals surface area contributed by atoms with Crippen molar-refractivity contribution in [1.82, 2.24) is 0 Å². The minimum absolute atomic E-state index is 0.0145. The molecule has 0 saturated heterocycles. The van der Waals surface area contributed by atoms with Crippen molar-refractivity contribution in [2.45, 2.75) is 16.0 Å². The molecule has 2 aliphatic rings. The van der Waals surface area contributed by atoms with Crippen LogP contribution in [-0.2, 0) is 4.74 Å². The highest BCUT2D eigenvalue weighted by Gasteiger charge is 2.33. The molecule has 2 aromatic carbocycles. The Labute approximate surface area is 167 Å². The molecule has 148 valence electrons. The molecule has 0 fully saturated rings. The number of hydrogen-bond acceptors (Lipinski definition) is 3. The van der Waals surface area contributed by atoms with Gasteiger partial charge in [0.1, 0.15) is 0 Å². The number of alkyl halides is 3. The van der Waals surface area contributed by atoms with Gasteiger partial charge in [0.25, 0.3) is 0 Å². The molecule has 2 atom stereocenters. The molecule has 29 heavy (non-hydrogen) atoms. The summed E-state index contributed by atoms with van der Waals surface area (Å²) in [6.07, 6.45) is 2.84. The quantitative estimate of drug-likeness (QED) is 0.510. The van der Waals surface area contributed by atoms with Crippen molar-refractivity contribution in [2.24, 2.45) is 5.92 Å². The first-order valence-electron chi connectivity index (χ1n) is 8.78. The number of rotatable bonds is 3. The number of halogens is 3. The molecule has 0 radical (unpaired) electrons. The monoisotopic (exact) mass is 416 g/mol. The number of Topliss-reactive ketones (excluding diaryl/α,β-unsaturated/α-hetero) is 1. The summed E-state index contributed by atoms with van der Waals surface area (Å²) in [5.41, 5.74) is 0.663. The molecular weight excluding hydrogens is 401 g/mol. The van der Waals surface area contributed by atoms with Crippen molar-refractivity contribution in [3.8, 4) is 0 Å². The fourth-order valence-corrected chi connectivity index (χ4v) is 5.82. The minimum atomic E-state index is -4.58. The lowest BCUT2D eigenvalue weighted by Crippen LogP contribution is -2.27. The topological polar surface area (TPSA) is 43.4 Å². The van der Waals surface area contributed by atoms with E-state index in [1.807, 2.05) is 42.5 Å². The third-order valence-corrected chi connectivity index (χ3v) is 6.93. The SMILES string of the molecule is O=C(OCC(F)(F)F)c1cccc(S2=C3C=CC=CC3C(=O)c3ccccc32)c1. The third-order valence-electron chi connectivity index (χ3n) is 4.54.